The molecule has 3 heterocycles. The minimum atomic E-state index is -0.939. The molecule has 3 aromatic carbocycles. The predicted molar refractivity (Wildman–Crippen MR) is 177 cm³/mol. The largest absolute Gasteiger partial charge is 0.453 e. The van der Waals surface area contributed by atoms with Crippen molar-refractivity contribution in [2.75, 3.05) is 25.6 Å². The van der Waals surface area contributed by atoms with Gasteiger partial charge in [0, 0.05) is 24.3 Å². The van der Waals surface area contributed by atoms with E-state index in [2.05, 4.69) is 30.9 Å². The lowest BCUT2D eigenvalue weighted by Gasteiger charge is -2.30. The Morgan fingerprint density at radius 3 is 2.33 bits per heavy atom. The van der Waals surface area contributed by atoms with Crippen LogP contribution in [0.5, 0.6) is 0 Å². The molecule has 1 unspecified atom stereocenters. The number of fused-ring (bicyclic) bond motifs is 1. The maximum absolute atomic E-state index is 14.0. The Kier molecular flexibility index (Phi) is 9.66. The fourth-order valence-electron chi connectivity index (χ4n) is 5.97. The van der Waals surface area contributed by atoms with Crippen molar-refractivity contribution in [3.8, 4) is 0 Å². The van der Waals surface area contributed by atoms with Crippen LogP contribution < -0.4 is 16.0 Å². The summed E-state index contributed by atoms with van der Waals surface area (Å²) < 4.78 is 11.2. The van der Waals surface area contributed by atoms with E-state index < -0.39 is 18.1 Å². The highest BCUT2D eigenvalue weighted by Gasteiger charge is 2.33. The van der Waals surface area contributed by atoms with Gasteiger partial charge >= 0.3 is 6.09 Å². The number of aryl methyl sites for hydroxylation is 2. The molecule has 5 aromatic rings. The van der Waals surface area contributed by atoms with Gasteiger partial charge in [0.05, 0.1) is 31.4 Å². The minimum Gasteiger partial charge on any atom is -0.453 e. The quantitative estimate of drug-likeness (QED) is 0.164. The van der Waals surface area contributed by atoms with E-state index >= 15 is 0 Å². The first-order valence-electron chi connectivity index (χ1n) is 15.5. The van der Waals surface area contributed by atoms with Crippen molar-refractivity contribution < 1.29 is 19.1 Å². The fourth-order valence-corrected chi connectivity index (χ4v) is 5.97. The molecule has 2 aromatic heterocycles. The summed E-state index contributed by atoms with van der Waals surface area (Å²) in [5.74, 6) is 0.0297. The molecule has 1 saturated heterocycles. The number of methoxy groups -OCH3 is 1. The molecule has 0 aliphatic carbocycles. The van der Waals surface area contributed by atoms with Gasteiger partial charge in [0.2, 0.25) is 5.91 Å². The number of alkyl carbamates (subject to hydrolysis) is 1. The van der Waals surface area contributed by atoms with E-state index in [-0.39, 0.29) is 18.1 Å². The third-order valence-electron chi connectivity index (χ3n) is 8.44. The zero-order chi connectivity index (χ0) is 31.9. The molecule has 0 saturated carbocycles. The fraction of sp³-hybridized carbons (Fsp3) is 0.278. The van der Waals surface area contributed by atoms with Crippen molar-refractivity contribution >= 4 is 28.9 Å². The number of amides is 2. The lowest BCUT2D eigenvalue weighted by molar-refractivity contribution is -0.118. The number of aromatic nitrogens is 3. The first-order chi connectivity index (χ1) is 22.5. The van der Waals surface area contributed by atoms with Crippen LogP contribution in [0, 0.1) is 6.92 Å². The Labute approximate surface area is 268 Å². The average Bonchev–Trinajstić information content (AvgIpc) is 3.54. The van der Waals surface area contributed by atoms with Crippen LogP contribution in [0.15, 0.2) is 97.2 Å². The SMILES string of the molecule is COC(=O)NC(C(=O)Nc1ccccc1CC[C@@H]1CN[C@H](c2nc3nccc(C)c3[nH]2)CO1)C(c1ccccc1)c1ccccc1. The average molecular weight is 619 g/mol. The van der Waals surface area contributed by atoms with Crippen LogP contribution in [0.1, 0.15) is 46.5 Å². The number of anilines is 1. The molecule has 46 heavy (non-hydrogen) atoms. The number of rotatable bonds is 10. The van der Waals surface area contributed by atoms with Crippen molar-refractivity contribution in [2.24, 2.45) is 0 Å². The Bertz CT molecular complexity index is 1730. The first kappa shape index (κ1) is 30.9. The van der Waals surface area contributed by atoms with E-state index in [0.717, 1.165) is 40.0 Å². The second kappa shape index (κ2) is 14.4. The maximum atomic E-state index is 14.0. The zero-order valence-corrected chi connectivity index (χ0v) is 25.9. The number of morpholine rings is 1. The molecule has 1 fully saturated rings. The molecule has 0 bridgehead atoms. The summed E-state index contributed by atoms with van der Waals surface area (Å²) >= 11 is 0. The summed E-state index contributed by atoms with van der Waals surface area (Å²) in [7, 11) is 1.29. The summed E-state index contributed by atoms with van der Waals surface area (Å²) in [5.41, 5.74) is 6.22. The van der Waals surface area contributed by atoms with Gasteiger partial charge in [-0.2, -0.15) is 0 Å². The van der Waals surface area contributed by atoms with Crippen LogP contribution in [0.2, 0.25) is 0 Å². The number of imidazole rings is 1. The lowest BCUT2D eigenvalue weighted by atomic mass is 9.84. The number of carbonyl (C=O) groups is 2. The molecule has 0 radical (unpaired) electrons. The molecule has 10 heteroatoms. The highest BCUT2D eigenvalue weighted by Crippen LogP contribution is 2.30. The third kappa shape index (κ3) is 7.09. The second-order valence-corrected chi connectivity index (χ2v) is 11.5. The van der Waals surface area contributed by atoms with Crippen molar-refractivity contribution in [3.05, 3.63) is 125 Å². The third-order valence-corrected chi connectivity index (χ3v) is 8.44. The van der Waals surface area contributed by atoms with E-state index in [1.165, 1.54) is 7.11 Å². The van der Waals surface area contributed by atoms with Gasteiger partial charge in [-0.15, -0.1) is 0 Å². The highest BCUT2D eigenvalue weighted by atomic mass is 16.5. The van der Waals surface area contributed by atoms with Gasteiger partial charge in [-0.3, -0.25) is 4.79 Å². The normalized spacial score (nSPS) is 17.0. The number of hydrogen-bond donors (Lipinski definition) is 4. The predicted octanol–water partition coefficient (Wildman–Crippen LogP) is 5.42. The number of nitrogens with one attached hydrogen (secondary N) is 4. The smallest absolute Gasteiger partial charge is 0.407 e. The Morgan fingerprint density at radius 2 is 1.67 bits per heavy atom. The van der Waals surface area contributed by atoms with Gasteiger partial charge in [0.25, 0.3) is 0 Å². The number of benzene rings is 3. The van der Waals surface area contributed by atoms with E-state index in [9.17, 15) is 9.59 Å². The zero-order valence-electron chi connectivity index (χ0n) is 25.9. The molecular weight excluding hydrogens is 580 g/mol. The lowest BCUT2D eigenvalue weighted by Crippen LogP contribution is -2.48. The Hall–Kier alpha value is -5.06. The van der Waals surface area contributed by atoms with Gasteiger partial charge in [0.1, 0.15) is 11.9 Å². The summed E-state index contributed by atoms with van der Waals surface area (Å²) in [6, 6.07) is 28.1. The van der Waals surface area contributed by atoms with E-state index in [1.54, 1.807) is 6.20 Å². The van der Waals surface area contributed by atoms with Gasteiger partial charge < -0.3 is 30.4 Å². The number of nitrogens with zero attached hydrogens (tertiary/aromatic N) is 2. The molecule has 6 rings (SSSR count). The monoisotopic (exact) mass is 618 g/mol. The van der Waals surface area contributed by atoms with Gasteiger partial charge in [-0.1, -0.05) is 78.9 Å². The number of carbonyl (C=O) groups excluding carboxylic acids is 2. The molecule has 10 nitrogen and oxygen atoms in total. The van der Waals surface area contributed by atoms with E-state index in [0.29, 0.717) is 30.9 Å². The molecule has 1 aliphatic heterocycles. The molecule has 2 amide bonds. The molecule has 1 aliphatic rings. The van der Waals surface area contributed by atoms with E-state index in [4.69, 9.17) is 9.47 Å². The van der Waals surface area contributed by atoms with Gasteiger partial charge in [-0.25, -0.2) is 14.8 Å². The first-order valence-corrected chi connectivity index (χ1v) is 15.5. The maximum Gasteiger partial charge on any atom is 0.407 e. The molecule has 3 atom stereocenters. The second-order valence-electron chi connectivity index (χ2n) is 11.5. The molecule has 0 spiro atoms. The number of para-hydroxylation sites is 1. The summed E-state index contributed by atoms with van der Waals surface area (Å²) in [6.07, 6.45) is 2.54. The van der Waals surface area contributed by atoms with Gasteiger partial charge in [-0.05, 0) is 54.2 Å². The van der Waals surface area contributed by atoms with Crippen LogP contribution in [0.25, 0.3) is 11.2 Å². The summed E-state index contributed by atoms with van der Waals surface area (Å²) in [4.78, 5) is 39.0. The number of hydrogen-bond acceptors (Lipinski definition) is 7. The minimum absolute atomic E-state index is 0.00136. The summed E-state index contributed by atoms with van der Waals surface area (Å²) in [6.45, 7) is 3.19. The van der Waals surface area contributed by atoms with Gasteiger partial charge in [0.15, 0.2) is 5.65 Å². The van der Waals surface area contributed by atoms with Crippen LogP contribution in [-0.2, 0) is 20.7 Å². The topological polar surface area (TPSA) is 130 Å². The molecule has 236 valence electrons. The standard InChI is InChI=1S/C36H38N6O4/c1-23-19-20-37-34-31(23)40-33(42-34)29-22-46-27(21-38-29)18-17-24-11-9-10-16-28(24)39-35(43)32(41-36(44)45-2)30(25-12-5-3-6-13-25)26-14-7-4-8-15-26/h3-16,19-20,27,29-30,32,38H,17-18,21-22H2,1-2H3,(H,39,43)(H,41,44)(H,37,40,42)/t27-,29+,32?/m1/s1. The van der Waals surface area contributed by atoms with Crippen molar-refractivity contribution in [1.82, 2.24) is 25.6 Å². The Balaban J connectivity index is 1.14. The van der Waals surface area contributed by atoms with Crippen molar-refractivity contribution in [2.45, 2.75) is 43.9 Å². The van der Waals surface area contributed by atoms with Crippen LogP contribution in [0.3, 0.4) is 0 Å². The van der Waals surface area contributed by atoms with Crippen LogP contribution in [0.4, 0.5) is 10.5 Å². The van der Waals surface area contributed by atoms with E-state index in [1.807, 2.05) is 97.9 Å². The van der Waals surface area contributed by atoms with Crippen molar-refractivity contribution in [3.63, 3.8) is 0 Å². The van der Waals surface area contributed by atoms with Crippen LogP contribution >= 0.6 is 0 Å². The van der Waals surface area contributed by atoms with Crippen LogP contribution in [-0.4, -0.2) is 59.4 Å². The van der Waals surface area contributed by atoms with Crippen molar-refractivity contribution in [1.29, 1.82) is 0 Å². The number of aromatic amines is 1. The molecule has 4 N–H and O–H groups in total. The Morgan fingerprint density at radius 1 is 0.978 bits per heavy atom. The molecular formula is C36H38N6O4. The summed E-state index contributed by atoms with van der Waals surface area (Å²) in [5, 5.41) is 9.48. The number of H-pyrrole nitrogens is 1. The number of ether oxygens (including phenoxy) is 2. The highest BCUT2D eigenvalue weighted by molar-refractivity contribution is 5.98. The number of pyridine rings is 1.